The van der Waals surface area contributed by atoms with Gasteiger partial charge in [0, 0.05) is 26.2 Å². The van der Waals surface area contributed by atoms with Crippen molar-refractivity contribution in [3.8, 4) is 11.1 Å². The van der Waals surface area contributed by atoms with Crippen LogP contribution in [0.3, 0.4) is 0 Å². The van der Waals surface area contributed by atoms with E-state index < -0.39 is 41.0 Å². The summed E-state index contributed by atoms with van der Waals surface area (Å²) in [5, 5.41) is 2.59. The van der Waals surface area contributed by atoms with Gasteiger partial charge in [0.15, 0.2) is 0 Å². The SMILES string of the molecule is Cc1cc(-c2ccc(NC(=O)OC(C)(C)C)c(C(=O)N3CCN(C(=O)OC(C)(C)C)CC3)c2)cc(C(F)(F)F)c1. The van der Waals surface area contributed by atoms with E-state index in [1.165, 1.54) is 21.9 Å². The van der Waals surface area contributed by atoms with Crippen LogP contribution in [0.2, 0.25) is 0 Å². The van der Waals surface area contributed by atoms with Crippen LogP contribution >= 0.6 is 0 Å². The number of anilines is 1. The van der Waals surface area contributed by atoms with Crippen molar-refractivity contribution in [2.75, 3.05) is 31.5 Å². The molecule has 0 aliphatic carbocycles. The number of carbonyl (C=O) groups is 3. The molecule has 1 aliphatic heterocycles. The van der Waals surface area contributed by atoms with Crippen LogP contribution in [0.4, 0.5) is 28.4 Å². The monoisotopic (exact) mass is 563 g/mol. The molecule has 1 aliphatic rings. The number of nitrogens with one attached hydrogen (secondary N) is 1. The van der Waals surface area contributed by atoms with Crippen LogP contribution in [0.25, 0.3) is 11.1 Å². The zero-order chi connectivity index (χ0) is 30.0. The number of ether oxygens (including phenoxy) is 2. The smallest absolute Gasteiger partial charge is 0.416 e. The molecule has 0 spiro atoms. The van der Waals surface area contributed by atoms with Gasteiger partial charge < -0.3 is 19.3 Å². The van der Waals surface area contributed by atoms with Crippen molar-refractivity contribution in [2.45, 2.75) is 65.8 Å². The Balaban J connectivity index is 1.93. The van der Waals surface area contributed by atoms with Gasteiger partial charge in [-0.1, -0.05) is 12.1 Å². The molecular weight excluding hydrogens is 527 g/mol. The molecule has 11 heteroatoms. The maximum Gasteiger partial charge on any atom is 0.416 e. The number of hydrogen-bond donors (Lipinski definition) is 1. The zero-order valence-electron chi connectivity index (χ0n) is 23.9. The summed E-state index contributed by atoms with van der Waals surface area (Å²) in [7, 11) is 0. The Labute approximate surface area is 232 Å². The molecule has 0 radical (unpaired) electrons. The number of piperazine rings is 1. The van der Waals surface area contributed by atoms with Gasteiger partial charge in [-0.05, 0) is 89.4 Å². The first-order valence-electron chi connectivity index (χ1n) is 12.9. The summed E-state index contributed by atoms with van der Waals surface area (Å²) in [4.78, 5) is 41.7. The van der Waals surface area contributed by atoms with Crippen LogP contribution in [0, 0.1) is 6.92 Å². The first kappa shape index (κ1) is 30.8. The second-order valence-electron chi connectivity index (χ2n) is 11.7. The van der Waals surface area contributed by atoms with Crippen LogP contribution in [0.5, 0.6) is 0 Å². The van der Waals surface area contributed by atoms with Gasteiger partial charge in [-0.15, -0.1) is 0 Å². The lowest BCUT2D eigenvalue weighted by molar-refractivity contribution is -0.137. The molecule has 3 amide bonds. The predicted molar refractivity (Wildman–Crippen MR) is 145 cm³/mol. The highest BCUT2D eigenvalue weighted by atomic mass is 19.4. The number of benzene rings is 2. The number of alkyl halides is 3. The maximum atomic E-state index is 13.7. The van der Waals surface area contributed by atoms with E-state index in [2.05, 4.69) is 5.32 Å². The fourth-order valence-corrected chi connectivity index (χ4v) is 4.13. The molecule has 2 aromatic rings. The van der Waals surface area contributed by atoms with Crippen molar-refractivity contribution in [1.82, 2.24) is 9.80 Å². The number of amides is 3. The molecule has 0 unspecified atom stereocenters. The number of halogens is 3. The predicted octanol–water partition coefficient (Wildman–Crippen LogP) is 6.72. The Bertz CT molecular complexity index is 1270. The van der Waals surface area contributed by atoms with Gasteiger partial charge >= 0.3 is 18.4 Å². The summed E-state index contributed by atoms with van der Waals surface area (Å²) in [6, 6.07) is 8.15. The van der Waals surface area contributed by atoms with Gasteiger partial charge in [-0.25, -0.2) is 9.59 Å². The number of rotatable bonds is 3. The molecule has 0 aromatic heterocycles. The third-order valence-corrected chi connectivity index (χ3v) is 5.84. The summed E-state index contributed by atoms with van der Waals surface area (Å²) in [5.74, 6) is -0.444. The minimum atomic E-state index is -4.54. The number of aryl methyl sites for hydroxylation is 1. The van der Waals surface area contributed by atoms with Crippen LogP contribution < -0.4 is 5.32 Å². The average Bonchev–Trinajstić information content (AvgIpc) is 2.80. The fourth-order valence-electron chi connectivity index (χ4n) is 4.13. The molecule has 40 heavy (non-hydrogen) atoms. The molecule has 1 heterocycles. The molecule has 0 atom stereocenters. The van der Waals surface area contributed by atoms with E-state index in [9.17, 15) is 27.6 Å². The van der Waals surface area contributed by atoms with Crippen molar-refractivity contribution >= 4 is 23.8 Å². The van der Waals surface area contributed by atoms with Crippen LogP contribution in [0.15, 0.2) is 36.4 Å². The van der Waals surface area contributed by atoms with Crippen LogP contribution in [-0.2, 0) is 15.7 Å². The molecule has 0 saturated carbocycles. The minimum absolute atomic E-state index is 0.0872. The number of hydrogen-bond acceptors (Lipinski definition) is 5. The van der Waals surface area contributed by atoms with E-state index in [1.54, 1.807) is 60.6 Å². The summed E-state index contributed by atoms with van der Waals surface area (Å²) < 4.78 is 51.2. The lowest BCUT2D eigenvalue weighted by Crippen LogP contribution is -2.51. The molecule has 1 saturated heterocycles. The van der Waals surface area contributed by atoms with Crippen molar-refractivity contribution in [3.63, 3.8) is 0 Å². The van der Waals surface area contributed by atoms with Gasteiger partial charge in [-0.3, -0.25) is 10.1 Å². The zero-order valence-corrected chi connectivity index (χ0v) is 23.9. The molecule has 2 aromatic carbocycles. The van der Waals surface area contributed by atoms with E-state index in [0.717, 1.165) is 12.1 Å². The Kier molecular flexibility index (Phi) is 8.76. The normalized spacial score (nSPS) is 14.6. The molecule has 1 fully saturated rings. The Morgan fingerprint density at radius 2 is 1.35 bits per heavy atom. The molecule has 0 bridgehead atoms. The summed E-state index contributed by atoms with van der Waals surface area (Å²) >= 11 is 0. The lowest BCUT2D eigenvalue weighted by Gasteiger charge is -2.36. The average molecular weight is 564 g/mol. The first-order chi connectivity index (χ1) is 18.3. The molecule has 8 nitrogen and oxygen atoms in total. The second kappa shape index (κ2) is 11.4. The van der Waals surface area contributed by atoms with Gasteiger partial charge in [-0.2, -0.15) is 13.2 Å². The minimum Gasteiger partial charge on any atom is -0.444 e. The van der Waals surface area contributed by atoms with Crippen molar-refractivity contribution < 1.29 is 37.0 Å². The van der Waals surface area contributed by atoms with Gasteiger partial charge in [0.05, 0.1) is 16.8 Å². The lowest BCUT2D eigenvalue weighted by atomic mass is 9.97. The third kappa shape index (κ3) is 8.37. The molecule has 218 valence electrons. The second-order valence-corrected chi connectivity index (χ2v) is 11.7. The van der Waals surface area contributed by atoms with E-state index in [0.29, 0.717) is 11.1 Å². The summed E-state index contributed by atoms with van der Waals surface area (Å²) in [6.07, 6.45) is -5.79. The highest BCUT2D eigenvalue weighted by Crippen LogP contribution is 2.35. The van der Waals surface area contributed by atoms with Crippen LogP contribution in [-0.4, -0.2) is 65.3 Å². The van der Waals surface area contributed by atoms with E-state index in [1.807, 2.05) is 0 Å². The molecule has 1 N–H and O–H groups in total. The van der Waals surface area contributed by atoms with Crippen LogP contribution in [0.1, 0.15) is 63.0 Å². The fraction of sp³-hybridized carbons (Fsp3) is 0.483. The van der Waals surface area contributed by atoms with Crippen molar-refractivity contribution in [3.05, 3.63) is 53.1 Å². The van der Waals surface area contributed by atoms with Crippen molar-refractivity contribution in [1.29, 1.82) is 0 Å². The number of carbonyl (C=O) groups excluding carboxylic acids is 3. The molecule has 3 rings (SSSR count). The Hall–Kier alpha value is -3.76. The quantitative estimate of drug-likeness (QED) is 0.448. The third-order valence-electron chi connectivity index (χ3n) is 5.84. The van der Waals surface area contributed by atoms with E-state index in [-0.39, 0.29) is 43.0 Å². The maximum absolute atomic E-state index is 13.7. The first-order valence-corrected chi connectivity index (χ1v) is 12.9. The number of nitrogens with zero attached hydrogens (tertiary/aromatic N) is 2. The largest absolute Gasteiger partial charge is 0.444 e. The Morgan fingerprint density at radius 3 is 1.90 bits per heavy atom. The summed E-state index contributed by atoms with van der Waals surface area (Å²) in [6.45, 7) is 12.8. The van der Waals surface area contributed by atoms with E-state index >= 15 is 0 Å². The standard InChI is InChI=1S/C29H36F3N3O5/c1-18-14-20(16-21(15-18)29(30,31)32)19-8-9-23(33-25(37)39-27(2,3)4)22(17-19)24(36)34-10-12-35(13-11-34)26(38)40-28(5,6)7/h8-9,14-17H,10-13H2,1-7H3,(H,33,37). The highest BCUT2D eigenvalue weighted by molar-refractivity contribution is 6.04. The topological polar surface area (TPSA) is 88.2 Å². The molecular formula is C29H36F3N3O5. The van der Waals surface area contributed by atoms with Gasteiger partial charge in [0.25, 0.3) is 5.91 Å². The van der Waals surface area contributed by atoms with Gasteiger partial charge in [0.2, 0.25) is 0 Å². The summed E-state index contributed by atoms with van der Waals surface area (Å²) in [5.41, 5.74) is -0.947. The highest BCUT2D eigenvalue weighted by Gasteiger charge is 2.32. The van der Waals surface area contributed by atoms with E-state index in [4.69, 9.17) is 9.47 Å². The Morgan fingerprint density at radius 1 is 0.775 bits per heavy atom. The van der Waals surface area contributed by atoms with Crippen molar-refractivity contribution in [2.24, 2.45) is 0 Å². The van der Waals surface area contributed by atoms with Gasteiger partial charge in [0.1, 0.15) is 11.2 Å².